The molecule has 1 aromatic carbocycles. The van der Waals surface area contributed by atoms with Crippen molar-refractivity contribution in [2.24, 2.45) is 0 Å². The van der Waals surface area contributed by atoms with E-state index in [9.17, 15) is 0 Å². The molecule has 0 atom stereocenters. The Hall–Kier alpha value is -1.32. The van der Waals surface area contributed by atoms with E-state index in [0.29, 0.717) is 6.42 Å². The summed E-state index contributed by atoms with van der Waals surface area (Å²) in [5.41, 5.74) is 2.43. The van der Waals surface area contributed by atoms with Crippen molar-refractivity contribution in [1.29, 1.82) is 0 Å². The van der Waals surface area contributed by atoms with Gasteiger partial charge in [-0.1, -0.05) is 24.3 Å². The largest absolute Gasteiger partial charge is 0.396 e. The van der Waals surface area contributed by atoms with Crippen LogP contribution >= 0.6 is 0 Å². The van der Waals surface area contributed by atoms with Gasteiger partial charge in [-0.25, -0.2) is 0 Å². The summed E-state index contributed by atoms with van der Waals surface area (Å²) in [7, 11) is 0. The van der Waals surface area contributed by atoms with Crippen molar-refractivity contribution < 1.29 is 9.84 Å². The second-order valence-corrected chi connectivity index (χ2v) is 4.11. The average Bonchev–Trinajstić information content (AvgIpc) is 2.41. The van der Waals surface area contributed by atoms with Crippen molar-refractivity contribution >= 4 is 11.8 Å². The van der Waals surface area contributed by atoms with E-state index in [0.717, 1.165) is 26.3 Å². The third kappa shape index (κ3) is 3.58. The molecule has 3 heteroatoms. The Balaban J connectivity index is 2.05. The molecule has 3 nitrogen and oxygen atoms in total. The molecule has 0 saturated carbocycles. The van der Waals surface area contributed by atoms with E-state index < -0.39 is 0 Å². The Morgan fingerprint density at radius 2 is 2.12 bits per heavy atom. The summed E-state index contributed by atoms with van der Waals surface area (Å²) in [4.78, 5) is 2.34. The van der Waals surface area contributed by atoms with Crippen molar-refractivity contribution in [2.75, 3.05) is 37.8 Å². The van der Waals surface area contributed by atoms with E-state index in [4.69, 9.17) is 9.84 Å². The van der Waals surface area contributed by atoms with Gasteiger partial charge in [-0.15, -0.1) is 0 Å². The maximum atomic E-state index is 8.73. The fraction of sp³-hybridized carbons (Fsp3) is 0.429. The SMILES string of the molecule is OCCC=Cc1cccc(N2CCOCC2)c1. The lowest BCUT2D eigenvalue weighted by molar-refractivity contribution is 0.122. The summed E-state index contributed by atoms with van der Waals surface area (Å²) in [5.74, 6) is 0. The highest BCUT2D eigenvalue weighted by atomic mass is 16.5. The molecule has 0 bridgehead atoms. The minimum atomic E-state index is 0.208. The molecule has 1 saturated heterocycles. The third-order valence-corrected chi connectivity index (χ3v) is 2.85. The summed E-state index contributed by atoms with van der Waals surface area (Å²) < 4.78 is 5.35. The van der Waals surface area contributed by atoms with Crippen LogP contribution in [-0.2, 0) is 4.74 Å². The first-order valence-corrected chi connectivity index (χ1v) is 6.10. The van der Waals surface area contributed by atoms with Crippen LogP contribution in [0, 0.1) is 0 Å². The van der Waals surface area contributed by atoms with E-state index in [2.05, 4.69) is 35.2 Å². The predicted octanol–water partition coefficient (Wildman–Crippen LogP) is 1.92. The van der Waals surface area contributed by atoms with Gasteiger partial charge in [0.2, 0.25) is 0 Å². The zero-order chi connectivity index (χ0) is 11.9. The average molecular weight is 233 g/mol. The Morgan fingerprint density at radius 3 is 2.88 bits per heavy atom. The first kappa shape index (κ1) is 12.1. The Morgan fingerprint density at radius 1 is 1.29 bits per heavy atom. The number of aliphatic hydroxyl groups excluding tert-OH is 1. The molecule has 0 radical (unpaired) electrons. The normalized spacial score (nSPS) is 16.6. The Kier molecular flexibility index (Phi) is 4.59. The molecule has 1 heterocycles. The number of morpholine rings is 1. The Labute approximate surface area is 102 Å². The topological polar surface area (TPSA) is 32.7 Å². The highest BCUT2D eigenvalue weighted by Gasteiger charge is 2.10. The maximum Gasteiger partial charge on any atom is 0.0642 e. The van der Waals surface area contributed by atoms with Crippen molar-refractivity contribution in [1.82, 2.24) is 0 Å². The lowest BCUT2D eigenvalue weighted by atomic mass is 10.1. The number of hydrogen-bond donors (Lipinski definition) is 1. The zero-order valence-electron chi connectivity index (χ0n) is 10.0. The number of hydrogen-bond acceptors (Lipinski definition) is 3. The first-order valence-electron chi connectivity index (χ1n) is 6.10. The standard InChI is InChI=1S/C14H19NO2/c16-9-2-1-4-13-5-3-6-14(12-13)15-7-10-17-11-8-15/h1,3-6,12,16H,2,7-11H2. The van der Waals surface area contributed by atoms with Crippen molar-refractivity contribution in [3.63, 3.8) is 0 Å². The van der Waals surface area contributed by atoms with Gasteiger partial charge in [-0.05, 0) is 24.1 Å². The molecular weight excluding hydrogens is 214 g/mol. The summed E-state index contributed by atoms with van der Waals surface area (Å²) in [6.07, 6.45) is 4.76. The molecule has 0 unspecified atom stereocenters. The van der Waals surface area contributed by atoms with E-state index in [1.165, 1.54) is 11.3 Å². The highest BCUT2D eigenvalue weighted by molar-refractivity contribution is 5.58. The van der Waals surface area contributed by atoms with Gasteiger partial charge in [-0.3, -0.25) is 0 Å². The molecule has 92 valence electrons. The summed E-state index contributed by atoms with van der Waals surface area (Å²) in [6, 6.07) is 8.47. The molecule has 1 aromatic rings. The van der Waals surface area contributed by atoms with Gasteiger partial charge in [0.15, 0.2) is 0 Å². The van der Waals surface area contributed by atoms with E-state index >= 15 is 0 Å². The lowest BCUT2D eigenvalue weighted by Gasteiger charge is -2.29. The van der Waals surface area contributed by atoms with E-state index in [-0.39, 0.29) is 6.61 Å². The molecule has 0 spiro atoms. The second kappa shape index (κ2) is 6.42. The lowest BCUT2D eigenvalue weighted by Crippen LogP contribution is -2.36. The van der Waals surface area contributed by atoms with Gasteiger partial charge in [0.05, 0.1) is 13.2 Å². The van der Waals surface area contributed by atoms with E-state index in [1.807, 2.05) is 6.08 Å². The number of rotatable bonds is 4. The van der Waals surface area contributed by atoms with Crippen molar-refractivity contribution in [2.45, 2.75) is 6.42 Å². The number of anilines is 1. The minimum absolute atomic E-state index is 0.208. The molecule has 1 N–H and O–H groups in total. The predicted molar refractivity (Wildman–Crippen MR) is 70.2 cm³/mol. The first-order chi connectivity index (χ1) is 8.40. The van der Waals surface area contributed by atoms with Gasteiger partial charge >= 0.3 is 0 Å². The summed E-state index contributed by atoms with van der Waals surface area (Å²) in [5, 5.41) is 8.73. The Bertz CT molecular complexity index is 370. The molecule has 1 aliphatic rings. The molecule has 17 heavy (non-hydrogen) atoms. The third-order valence-electron chi connectivity index (χ3n) is 2.85. The van der Waals surface area contributed by atoms with Crippen molar-refractivity contribution in [3.05, 3.63) is 35.9 Å². The van der Waals surface area contributed by atoms with Crippen LogP contribution in [0.15, 0.2) is 30.3 Å². The smallest absolute Gasteiger partial charge is 0.0642 e. The number of nitrogens with zero attached hydrogens (tertiary/aromatic N) is 1. The maximum absolute atomic E-state index is 8.73. The van der Waals surface area contributed by atoms with Crippen LogP contribution in [0.2, 0.25) is 0 Å². The van der Waals surface area contributed by atoms with Gasteiger partial charge in [0.25, 0.3) is 0 Å². The summed E-state index contributed by atoms with van der Waals surface area (Å²) >= 11 is 0. The number of ether oxygens (including phenoxy) is 1. The van der Waals surface area contributed by atoms with Crippen LogP contribution in [0.25, 0.3) is 6.08 Å². The fourth-order valence-corrected chi connectivity index (χ4v) is 1.94. The second-order valence-electron chi connectivity index (χ2n) is 4.11. The molecule has 1 aliphatic heterocycles. The van der Waals surface area contributed by atoms with Crippen LogP contribution in [0.4, 0.5) is 5.69 Å². The van der Waals surface area contributed by atoms with Gasteiger partial charge in [0.1, 0.15) is 0 Å². The molecule has 1 fully saturated rings. The zero-order valence-corrected chi connectivity index (χ0v) is 10.0. The van der Waals surface area contributed by atoms with E-state index in [1.54, 1.807) is 0 Å². The van der Waals surface area contributed by atoms with Gasteiger partial charge < -0.3 is 14.7 Å². The number of benzene rings is 1. The number of aliphatic hydroxyl groups is 1. The molecule has 0 aliphatic carbocycles. The van der Waals surface area contributed by atoms with Crippen LogP contribution in [0.1, 0.15) is 12.0 Å². The molecule has 0 aromatic heterocycles. The van der Waals surface area contributed by atoms with Gasteiger partial charge in [0, 0.05) is 25.4 Å². The monoisotopic (exact) mass is 233 g/mol. The van der Waals surface area contributed by atoms with Crippen LogP contribution in [0.3, 0.4) is 0 Å². The van der Waals surface area contributed by atoms with Crippen molar-refractivity contribution in [3.8, 4) is 0 Å². The fourth-order valence-electron chi connectivity index (χ4n) is 1.94. The quantitative estimate of drug-likeness (QED) is 0.862. The van der Waals surface area contributed by atoms with Crippen LogP contribution < -0.4 is 4.90 Å². The molecule has 0 amide bonds. The highest BCUT2D eigenvalue weighted by Crippen LogP contribution is 2.18. The molecule has 2 rings (SSSR count). The van der Waals surface area contributed by atoms with Crippen LogP contribution in [0.5, 0.6) is 0 Å². The molecular formula is C14H19NO2. The minimum Gasteiger partial charge on any atom is -0.396 e. The summed E-state index contributed by atoms with van der Waals surface area (Å²) in [6.45, 7) is 3.75. The van der Waals surface area contributed by atoms with Gasteiger partial charge in [-0.2, -0.15) is 0 Å². The van der Waals surface area contributed by atoms with Crippen LogP contribution in [-0.4, -0.2) is 38.0 Å².